The number of hydrogen-bond acceptors (Lipinski definition) is 2. The summed E-state index contributed by atoms with van der Waals surface area (Å²) in [7, 11) is 9.39. The summed E-state index contributed by atoms with van der Waals surface area (Å²) in [5, 5.41) is 0. The highest BCUT2D eigenvalue weighted by Crippen LogP contribution is 2.35. The SMILES string of the molecule is C=CCc1ccc(OCCC[N+](C)(C)CCCCCC)c(-c2ccc(OCCC[N+](C)(C)CCCCCC)c(CC=C)c2)c1.[Br-].[Br-]. The number of unbranched alkanes of at least 4 members (excludes halogenated alkanes) is 6. The van der Waals surface area contributed by atoms with E-state index in [4.69, 9.17) is 9.47 Å². The lowest BCUT2D eigenvalue weighted by molar-refractivity contribution is -0.890. The fourth-order valence-corrected chi connectivity index (χ4v) is 5.93. The molecule has 0 aliphatic carbocycles. The van der Waals surface area contributed by atoms with Crippen LogP contribution in [0.4, 0.5) is 0 Å². The summed E-state index contributed by atoms with van der Waals surface area (Å²) in [5.41, 5.74) is 4.71. The summed E-state index contributed by atoms with van der Waals surface area (Å²) in [4.78, 5) is 0. The fourth-order valence-electron chi connectivity index (χ4n) is 5.93. The average molecular weight is 767 g/mol. The molecule has 0 N–H and O–H groups in total. The van der Waals surface area contributed by atoms with Crippen molar-refractivity contribution in [3.8, 4) is 22.6 Å². The zero-order valence-electron chi connectivity index (χ0n) is 30.2. The van der Waals surface area contributed by atoms with Gasteiger partial charge in [-0.3, -0.25) is 0 Å². The average Bonchev–Trinajstić information content (AvgIpc) is 2.99. The van der Waals surface area contributed by atoms with E-state index in [-0.39, 0.29) is 34.0 Å². The second-order valence-corrected chi connectivity index (χ2v) is 13.9. The van der Waals surface area contributed by atoms with Gasteiger partial charge in [-0.05, 0) is 79.5 Å². The molecule has 0 saturated carbocycles. The van der Waals surface area contributed by atoms with Gasteiger partial charge in [-0.2, -0.15) is 0 Å². The first kappa shape index (κ1) is 44.4. The maximum absolute atomic E-state index is 6.46. The molecule has 4 nitrogen and oxygen atoms in total. The van der Waals surface area contributed by atoms with Crippen LogP contribution >= 0.6 is 0 Å². The molecule has 0 aliphatic heterocycles. The highest BCUT2D eigenvalue weighted by atomic mass is 79.9. The number of quaternary nitrogens is 2. The van der Waals surface area contributed by atoms with E-state index in [2.05, 4.69) is 91.6 Å². The summed E-state index contributed by atoms with van der Waals surface area (Å²) >= 11 is 0. The van der Waals surface area contributed by atoms with Crippen molar-refractivity contribution in [2.24, 2.45) is 0 Å². The minimum absolute atomic E-state index is 0. The molecule has 0 aromatic heterocycles. The highest BCUT2D eigenvalue weighted by Gasteiger charge is 2.17. The number of allylic oxidation sites excluding steroid dienone is 2. The number of rotatable bonds is 25. The minimum Gasteiger partial charge on any atom is -1.00 e. The molecule has 0 spiro atoms. The molecule has 0 saturated heterocycles. The maximum atomic E-state index is 6.46. The second-order valence-electron chi connectivity index (χ2n) is 13.9. The molecule has 0 unspecified atom stereocenters. The van der Waals surface area contributed by atoms with Crippen molar-refractivity contribution in [2.45, 2.75) is 90.9 Å². The number of nitrogens with zero attached hydrogens (tertiary/aromatic N) is 2. The van der Waals surface area contributed by atoms with E-state index in [1.54, 1.807) is 0 Å². The molecule has 0 heterocycles. The fraction of sp³-hybridized carbons (Fsp3) is 0.600. The van der Waals surface area contributed by atoms with Crippen LogP contribution in [0.25, 0.3) is 11.1 Å². The molecule has 0 amide bonds. The Labute approximate surface area is 305 Å². The standard InChI is InChI=1S/C40H66N2O2.2BrH/c1-9-13-15-17-27-41(5,6)29-19-31-43-39-26-24-36(34-37(39)22-12-4)38-33-35(21-11-3)23-25-40(38)44-32-20-30-42(7,8)28-18-16-14-10-2;;/h11-12,23-26,33-34H,3-4,9-10,13-22,27-32H2,1-2,5-8H3;2*1H/q+2;;/p-2. The molecule has 2 aromatic carbocycles. The molecular formula is C40H66Br2N2O2. The number of hydrogen-bond donors (Lipinski definition) is 0. The minimum atomic E-state index is 0. The molecule has 0 fully saturated rings. The van der Waals surface area contributed by atoms with Gasteiger partial charge in [0.25, 0.3) is 0 Å². The Kier molecular flexibility index (Phi) is 23.7. The summed E-state index contributed by atoms with van der Waals surface area (Å²) in [6.07, 6.45) is 18.2. The van der Waals surface area contributed by atoms with Crippen LogP contribution in [0, 0.1) is 0 Å². The van der Waals surface area contributed by atoms with E-state index < -0.39 is 0 Å². The first-order chi connectivity index (χ1) is 21.1. The summed E-state index contributed by atoms with van der Waals surface area (Å²) in [5.74, 6) is 1.91. The van der Waals surface area contributed by atoms with Gasteiger partial charge in [0.2, 0.25) is 0 Å². The normalized spacial score (nSPS) is 11.3. The highest BCUT2D eigenvalue weighted by molar-refractivity contribution is 5.73. The molecule has 2 aromatic rings. The summed E-state index contributed by atoms with van der Waals surface area (Å²) in [6.45, 7) is 18.7. The molecule has 0 aliphatic rings. The Balaban J connectivity index is 0.0000101. The van der Waals surface area contributed by atoms with Gasteiger partial charge in [0.05, 0.1) is 67.6 Å². The lowest BCUT2D eigenvalue weighted by Crippen LogP contribution is -3.00. The Hall–Kier alpha value is -1.60. The van der Waals surface area contributed by atoms with Crippen molar-refractivity contribution >= 4 is 0 Å². The van der Waals surface area contributed by atoms with Gasteiger partial charge in [-0.15, -0.1) is 13.2 Å². The van der Waals surface area contributed by atoms with Gasteiger partial charge in [-0.1, -0.05) is 63.8 Å². The monoisotopic (exact) mass is 764 g/mol. The number of ether oxygens (including phenoxy) is 2. The number of halogens is 2. The summed E-state index contributed by atoms with van der Waals surface area (Å²) in [6, 6.07) is 13.2. The van der Waals surface area contributed by atoms with Gasteiger partial charge in [0.1, 0.15) is 11.5 Å². The van der Waals surface area contributed by atoms with E-state index in [9.17, 15) is 0 Å². The first-order valence-corrected chi connectivity index (χ1v) is 17.5. The van der Waals surface area contributed by atoms with E-state index >= 15 is 0 Å². The van der Waals surface area contributed by atoms with Crippen molar-refractivity contribution in [3.05, 3.63) is 72.8 Å². The van der Waals surface area contributed by atoms with Crippen LogP contribution in [0.1, 0.15) is 89.2 Å². The van der Waals surface area contributed by atoms with E-state index in [1.807, 2.05) is 12.2 Å². The third-order valence-corrected chi connectivity index (χ3v) is 8.72. The third-order valence-electron chi connectivity index (χ3n) is 8.72. The second kappa shape index (κ2) is 24.5. The smallest absolute Gasteiger partial charge is 0.127 e. The largest absolute Gasteiger partial charge is 1.00 e. The van der Waals surface area contributed by atoms with E-state index in [1.165, 1.54) is 75.6 Å². The quantitative estimate of drug-likeness (QED) is 0.0874. The van der Waals surface area contributed by atoms with Crippen LogP contribution in [0.2, 0.25) is 0 Å². The topological polar surface area (TPSA) is 18.5 Å². The van der Waals surface area contributed by atoms with Crippen LogP contribution in [0.3, 0.4) is 0 Å². The Morgan fingerprint density at radius 1 is 0.587 bits per heavy atom. The van der Waals surface area contributed by atoms with Crippen LogP contribution in [0.5, 0.6) is 11.5 Å². The molecule has 0 bridgehead atoms. The lowest BCUT2D eigenvalue weighted by atomic mass is 9.97. The third kappa shape index (κ3) is 17.5. The zero-order chi connectivity index (χ0) is 32.3. The predicted octanol–water partition coefficient (Wildman–Crippen LogP) is 3.67. The van der Waals surface area contributed by atoms with Crippen molar-refractivity contribution in [2.75, 3.05) is 67.6 Å². The van der Waals surface area contributed by atoms with Gasteiger partial charge in [0, 0.05) is 18.4 Å². The number of benzene rings is 2. The first-order valence-electron chi connectivity index (χ1n) is 17.5. The van der Waals surface area contributed by atoms with Crippen molar-refractivity contribution in [3.63, 3.8) is 0 Å². The molecule has 0 atom stereocenters. The van der Waals surface area contributed by atoms with Gasteiger partial charge < -0.3 is 52.4 Å². The van der Waals surface area contributed by atoms with Crippen LogP contribution in [-0.4, -0.2) is 76.5 Å². The van der Waals surface area contributed by atoms with Crippen molar-refractivity contribution < 1.29 is 52.4 Å². The molecule has 262 valence electrons. The van der Waals surface area contributed by atoms with Crippen LogP contribution < -0.4 is 43.4 Å². The molecule has 0 radical (unpaired) electrons. The van der Waals surface area contributed by atoms with Gasteiger partial charge >= 0.3 is 0 Å². The molecule has 6 heteroatoms. The molecule has 46 heavy (non-hydrogen) atoms. The molecular weight excluding hydrogens is 700 g/mol. The van der Waals surface area contributed by atoms with Crippen molar-refractivity contribution in [1.82, 2.24) is 0 Å². The van der Waals surface area contributed by atoms with Gasteiger partial charge in [0.15, 0.2) is 0 Å². The predicted molar refractivity (Wildman–Crippen MR) is 192 cm³/mol. The van der Waals surface area contributed by atoms with Crippen LogP contribution in [-0.2, 0) is 12.8 Å². The maximum Gasteiger partial charge on any atom is 0.127 e. The zero-order valence-corrected chi connectivity index (χ0v) is 33.4. The lowest BCUT2D eigenvalue weighted by Gasteiger charge is -2.30. The Morgan fingerprint density at radius 2 is 1.09 bits per heavy atom. The van der Waals surface area contributed by atoms with E-state index in [0.29, 0.717) is 0 Å². The summed E-state index contributed by atoms with van der Waals surface area (Å²) < 4.78 is 14.9. The van der Waals surface area contributed by atoms with Crippen molar-refractivity contribution in [1.29, 1.82) is 0 Å². The molecule has 2 rings (SSSR count). The van der Waals surface area contributed by atoms with Gasteiger partial charge in [-0.25, -0.2) is 0 Å². The Bertz CT molecular complexity index is 1120. The van der Waals surface area contributed by atoms with Crippen LogP contribution in [0.15, 0.2) is 61.7 Å². The Morgan fingerprint density at radius 3 is 1.61 bits per heavy atom. The van der Waals surface area contributed by atoms with E-state index in [0.717, 1.165) is 83.6 Å².